The van der Waals surface area contributed by atoms with E-state index < -0.39 is 6.16 Å². The lowest BCUT2D eigenvalue weighted by Crippen LogP contribution is -2.42. The summed E-state index contributed by atoms with van der Waals surface area (Å²) in [7, 11) is 0. The summed E-state index contributed by atoms with van der Waals surface area (Å²) in [4.78, 5) is 0. The van der Waals surface area contributed by atoms with E-state index >= 15 is 0 Å². The van der Waals surface area contributed by atoms with Crippen LogP contribution in [0.25, 0.3) is 0 Å². The maximum absolute atomic E-state index is 5.43. The van der Waals surface area contributed by atoms with E-state index in [1.165, 1.54) is 0 Å². The fraction of sp³-hybridized carbons (Fsp3) is 1.00. The summed E-state index contributed by atoms with van der Waals surface area (Å²) in [5.41, 5.74) is 0. The van der Waals surface area contributed by atoms with E-state index in [9.17, 15) is 0 Å². The van der Waals surface area contributed by atoms with Gasteiger partial charge in [-0.3, -0.25) is 0 Å². The number of ether oxygens (including phenoxy) is 4. The molecule has 86 valence electrons. The van der Waals surface area contributed by atoms with Crippen LogP contribution in [0.15, 0.2) is 0 Å². The summed E-state index contributed by atoms with van der Waals surface area (Å²) >= 11 is 0. The molecule has 0 atom stereocenters. The van der Waals surface area contributed by atoms with E-state index in [4.69, 9.17) is 18.9 Å². The van der Waals surface area contributed by atoms with Crippen LogP contribution in [0.4, 0.5) is 0 Å². The molecule has 0 aromatic heterocycles. The van der Waals surface area contributed by atoms with Gasteiger partial charge in [-0.05, 0) is 27.2 Å². The Morgan fingerprint density at radius 1 is 0.714 bits per heavy atom. The summed E-state index contributed by atoms with van der Waals surface area (Å²) in [5.74, 6) is 0. The minimum atomic E-state index is -1.30. The largest absolute Gasteiger partial charge is 0.412 e. The molecule has 0 amide bonds. The van der Waals surface area contributed by atoms with Crippen LogP contribution in [0.1, 0.15) is 34.1 Å². The molecule has 0 aliphatic rings. The second kappa shape index (κ2) is 8.17. The van der Waals surface area contributed by atoms with Crippen LogP contribution in [0.3, 0.4) is 0 Å². The number of hydrogen-bond donors (Lipinski definition) is 0. The topological polar surface area (TPSA) is 36.9 Å². The molecular weight excluding hydrogens is 184 g/mol. The molecule has 0 saturated heterocycles. The molecule has 0 fully saturated rings. The Labute approximate surface area is 86.5 Å². The molecule has 0 rings (SSSR count). The van der Waals surface area contributed by atoms with E-state index in [1.54, 1.807) is 0 Å². The maximum Gasteiger partial charge on any atom is 0.412 e. The molecule has 0 aliphatic carbocycles. The fourth-order valence-corrected chi connectivity index (χ4v) is 1.01. The van der Waals surface area contributed by atoms with Crippen LogP contribution in [-0.4, -0.2) is 32.6 Å². The van der Waals surface area contributed by atoms with Gasteiger partial charge in [0.1, 0.15) is 0 Å². The van der Waals surface area contributed by atoms with Gasteiger partial charge >= 0.3 is 6.16 Å². The minimum absolute atomic E-state index is 0.490. The van der Waals surface area contributed by atoms with Crippen molar-refractivity contribution in [2.75, 3.05) is 26.4 Å². The third-order valence-corrected chi connectivity index (χ3v) is 1.45. The van der Waals surface area contributed by atoms with E-state index in [2.05, 4.69) is 0 Å². The molecule has 0 bridgehead atoms. The van der Waals surface area contributed by atoms with E-state index in [0.29, 0.717) is 26.4 Å². The summed E-state index contributed by atoms with van der Waals surface area (Å²) in [6, 6.07) is 0. The summed E-state index contributed by atoms with van der Waals surface area (Å²) < 4.78 is 21.5. The van der Waals surface area contributed by atoms with Crippen molar-refractivity contribution in [3.05, 3.63) is 0 Å². The van der Waals surface area contributed by atoms with Gasteiger partial charge in [0.2, 0.25) is 0 Å². The van der Waals surface area contributed by atoms with Crippen molar-refractivity contribution in [1.82, 2.24) is 0 Å². The van der Waals surface area contributed by atoms with Gasteiger partial charge in [-0.15, -0.1) is 0 Å². The monoisotopic (exact) mass is 206 g/mol. The van der Waals surface area contributed by atoms with Crippen molar-refractivity contribution in [3.8, 4) is 0 Å². The van der Waals surface area contributed by atoms with Crippen molar-refractivity contribution in [2.45, 2.75) is 40.3 Å². The Hall–Kier alpha value is -0.160. The second-order valence-corrected chi connectivity index (χ2v) is 2.65. The lowest BCUT2D eigenvalue weighted by atomic mass is 10.5. The van der Waals surface area contributed by atoms with Gasteiger partial charge < -0.3 is 18.9 Å². The van der Waals surface area contributed by atoms with E-state index in [0.717, 1.165) is 6.42 Å². The van der Waals surface area contributed by atoms with Gasteiger partial charge in [0.05, 0.1) is 26.4 Å². The predicted octanol–water partition coefficient (Wildman–Crippen LogP) is 2.13. The first-order valence-electron chi connectivity index (χ1n) is 5.30. The average molecular weight is 206 g/mol. The Morgan fingerprint density at radius 2 is 1.14 bits per heavy atom. The Balaban J connectivity index is 4.21. The van der Waals surface area contributed by atoms with Crippen molar-refractivity contribution in [3.63, 3.8) is 0 Å². The zero-order chi connectivity index (χ0) is 10.9. The lowest BCUT2D eigenvalue weighted by molar-refractivity contribution is -0.496. The SMILES string of the molecule is CCCOC(OCC)(OCC)OCC. The Bertz CT molecular complexity index is 110. The molecular formula is C10H22O4. The van der Waals surface area contributed by atoms with Crippen LogP contribution in [0, 0.1) is 0 Å². The molecule has 0 heterocycles. The smallest absolute Gasteiger partial charge is 0.304 e. The fourth-order valence-electron chi connectivity index (χ4n) is 1.01. The number of rotatable bonds is 9. The normalized spacial score (nSPS) is 12.0. The van der Waals surface area contributed by atoms with Crippen molar-refractivity contribution >= 4 is 0 Å². The van der Waals surface area contributed by atoms with Gasteiger partial charge in [-0.25, -0.2) is 0 Å². The highest BCUT2D eigenvalue weighted by atomic mass is 17.0. The van der Waals surface area contributed by atoms with Gasteiger partial charge in [0.15, 0.2) is 0 Å². The average Bonchev–Trinajstić information content (AvgIpc) is 2.16. The highest BCUT2D eigenvalue weighted by molar-refractivity contribution is 4.42. The van der Waals surface area contributed by atoms with Crippen molar-refractivity contribution in [2.24, 2.45) is 0 Å². The van der Waals surface area contributed by atoms with Crippen LogP contribution in [-0.2, 0) is 18.9 Å². The van der Waals surface area contributed by atoms with Gasteiger partial charge in [-0.2, -0.15) is 0 Å². The van der Waals surface area contributed by atoms with Crippen molar-refractivity contribution < 1.29 is 18.9 Å². The van der Waals surface area contributed by atoms with Gasteiger partial charge in [-0.1, -0.05) is 6.92 Å². The highest BCUT2D eigenvalue weighted by Crippen LogP contribution is 2.17. The predicted molar refractivity (Wildman–Crippen MR) is 53.9 cm³/mol. The van der Waals surface area contributed by atoms with Gasteiger partial charge in [0.25, 0.3) is 0 Å². The third-order valence-electron chi connectivity index (χ3n) is 1.45. The zero-order valence-electron chi connectivity index (χ0n) is 9.67. The molecule has 0 aromatic rings. The van der Waals surface area contributed by atoms with Crippen LogP contribution >= 0.6 is 0 Å². The first-order valence-corrected chi connectivity index (χ1v) is 5.30. The number of hydrogen-bond acceptors (Lipinski definition) is 4. The summed E-state index contributed by atoms with van der Waals surface area (Å²) in [6.45, 7) is 9.68. The zero-order valence-corrected chi connectivity index (χ0v) is 9.67. The molecule has 0 N–H and O–H groups in total. The second-order valence-electron chi connectivity index (χ2n) is 2.65. The first kappa shape index (κ1) is 13.8. The van der Waals surface area contributed by atoms with E-state index in [1.807, 2.05) is 27.7 Å². The summed E-state index contributed by atoms with van der Waals surface area (Å²) in [6.07, 6.45) is -0.400. The molecule has 0 aliphatic heterocycles. The molecule has 4 heteroatoms. The Kier molecular flexibility index (Phi) is 8.08. The third kappa shape index (κ3) is 4.91. The summed E-state index contributed by atoms with van der Waals surface area (Å²) in [5, 5.41) is 0. The molecule has 4 nitrogen and oxygen atoms in total. The lowest BCUT2D eigenvalue weighted by Gasteiger charge is -2.30. The molecule has 0 saturated carbocycles. The van der Waals surface area contributed by atoms with Crippen LogP contribution in [0.2, 0.25) is 0 Å². The van der Waals surface area contributed by atoms with E-state index in [-0.39, 0.29) is 0 Å². The maximum atomic E-state index is 5.43. The molecule has 14 heavy (non-hydrogen) atoms. The standard InChI is InChI=1S/C10H22O4/c1-5-9-14-10(11-6-2,12-7-3)13-8-4/h5-9H2,1-4H3. The van der Waals surface area contributed by atoms with Crippen LogP contribution < -0.4 is 0 Å². The molecule has 0 unspecified atom stereocenters. The van der Waals surface area contributed by atoms with Crippen LogP contribution in [0.5, 0.6) is 0 Å². The Morgan fingerprint density at radius 3 is 1.43 bits per heavy atom. The van der Waals surface area contributed by atoms with Gasteiger partial charge in [0, 0.05) is 0 Å². The first-order chi connectivity index (χ1) is 6.74. The van der Waals surface area contributed by atoms with Crippen molar-refractivity contribution in [1.29, 1.82) is 0 Å². The minimum Gasteiger partial charge on any atom is -0.304 e. The molecule has 0 aromatic carbocycles. The molecule has 0 radical (unpaired) electrons. The molecule has 0 spiro atoms. The highest BCUT2D eigenvalue weighted by Gasteiger charge is 2.34. The quantitative estimate of drug-likeness (QED) is 0.542.